The number of hydrogen-bond donors (Lipinski definition) is 1. The molecule has 0 atom stereocenters. The second-order valence-electron chi connectivity index (χ2n) is 4.39. The molecular weight excluding hydrogens is 238 g/mol. The van der Waals surface area contributed by atoms with Crippen LogP contribution in [0.3, 0.4) is 0 Å². The highest BCUT2D eigenvalue weighted by Crippen LogP contribution is 2.36. The van der Waals surface area contributed by atoms with Crippen molar-refractivity contribution in [3.8, 4) is 11.3 Å². The highest BCUT2D eigenvalue weighted by molar-refractivity contribution is 7.25. The summed E-state index contributed by atoms with van der Waals surface area (Å²) in [6.45, 7) is 0. The summed E-state index contributed by atoms with van der Waals surface area (Å²) >= 11 is 1.85. The molecule has 4 rings (SSSR count). The summed E-state index contributed by atoms with van der Waals surface area (Å²) in [4.78, 5) is 3.55. The van der Waals surface area contributed by atoms with E-state index in [4.69, 9.17) is 0 Å². The van der Waals surface area contributed by atoms with E-state index in [0.717, 1.165) is 0 Å². The molecule has 0 saturated heterocycles. The van der Waals surface area contributed by atoms with Crippen molar-refractivity contribution in [3.63, 3.8) is 0 Å². The third-order valence-corrected chi connectivity index (χ3v) is 4.36. The molecule has 2 heterocycles. The van der Waals surface area contributed by atoms with Gasteiger partial charge in [-0.25, -0.2) is 0 Å². The van der Waals surface area contributed by atoms with Crippen molar-refractivity contribution in [1.29, 1.82) is 0 Å². The second kappa shape index (κ2) is 3.72. The van der Waals surface area contributed by atoms with E-state index in [2.05, 4.69) is 59.6 Å². The Morgan fingerprint density at radius 2 is 1.56 bits per heavy atom. The van der Waals surface area contributed by atoms with Gasteiger partial charge in [-0.05, 0) is 17.7 Å². The van der Waals surface area contributed by atoms with Gasteiger partial charge in [0.05, 0.1) is 10.2 Å². The van der Waals surface area contributed by atoms with E-state index < -0.39 is 0 Å². The van der Waals surface area contributed by atoms with Gasteiger partial charge in [0.25, 0.3) is 0 Å². The molecular formula is C16H11NS. The maximum absolute atomic E-state index is 3.55. The van der Waals surface area contributed by atoms with E-state index in [1.165, 1.54) is 31.6 Å². The normalized spacial score (nSPS) is 11.3. The van der Waals surface area contributed by atoms with Crippen LogP contribution >= 0.6 is 11.3 Å². The molecule has 0 unspecified atom stereocenters. The number of H-pyrrole nitrogens is 1. The van der Waals surface area contributed by atoms with Gasteiger partial charge in [-0.1, -0.05) is 48.5 Å². The van der Waals surface area contributed by atoms with Crippen molar-refractivity contribution in [2.24, 2.45) is 0 Å². The molecule has 0 bridgehead atoms. The summed E-state index contributed by atoms with van der Waals surface area (Å²) in [6, 6.07) is 21.3. The smallest absolute Gasteiger partial charge is 0.0648 e. The van der Waals surface area contributed by atoms with Gasteiger partial charge in [0.1, 0.15) is 0 Å². The van der Waals surface area contributed by atoms with Crippen LogP contribution < -0.4 is 0 Å². The van der Waals surface area contributed by atoms with Crippen LogP contribution in [0.1, 0.15) is 0 Å². The molecule has 0 amide bonds. The number of aromatic amines is 1. The van der Waals surface area contributed by atoms with Gasteiger partial charge < -0.3 is 4.98 Å². The Hall–Kier alpha value is -2.06. The van der Waals surface area contributed by atoms with E-state index in [1.54, 1.807) is 0 Å². The molecule has 18 heavy (non-hydrogen) atoms. The minimum atomic E-state index is 1.20. The zero-order valence-corrected chi connectivity index (χ0v) is 10.5. The molecule has 0 aliphatic heterocycles. The van der Waals surface area contributed by atoms with Gasteiger partial charge in [-0.15, -0.1) is 11.3 Å². The first-order chi connectivity index (χ1) is 8.92. The molecule has 0 fully saturated rings. The number of rotatable bonds is 1. The van der Waals surface area contributed by atoms with Gasteiger partial charge in [-0.2, -0.15) is 0 Å². The lowest BCUT2D eigenvalue weighted by atomic mass is 10.2. The summed E-state index contributed by atoms with van der Waals surface area (Å²) < 4.78 is 2.67. The van der Waals surface area contributed by atoms with Gasteiger partial charge in [-0.3, -0.25) is 0 Å². The van der Waals surface area contributed by atoms with Crippen LogP contribution in [0.4, 0.5) is 0 Å². The number of nitrogens with one attached hydrogen (secondary N) is 1. The summed E-state index contributed by atoms with van der Waals surface area (Å²) in [7, 11) is 0. The molecule has 0 aliphatic rings. The lowest BCUT2D eigenvalue weighted by Gasteiger charge is -1.96. The lowest BCUT2D eigenvalue weighted by molar-refractivity contribution is 1.46. The molecule has 0 radical (unpaired) electrons. The molecule has 1 N–H and O–H groups in total. The van der Waals surface area contributed by atoms with Crippen molar-refractivity contribution in [2.45, 2.75) is 0 Å². The number of aromatic nitrogens is 1. The largest absolute Gasteiger partial charge is 0.353 e. The maximum atomic E-state index is 3.55. The Labute approximate surface area is 109 Å². The van der Waals surface area contributed by atoms with Crippen LogP contribution in [0.2, 0.25) is 0 Å². The van der Waals surface area contributed by atoms with E-state index in [0.29, 0.717) is 0 Å². The van der Waals surface area contributed by atoms with Crippen LogP contribution in [0.15, 0.2) is 60.7 Å². The fourth-order valence-electron chi connectivity index (χ4n) is 2.37. The van der Waals surface area contributed by atoms with Crippen LogP contribution in [-0.4, -0.2) is 4.98 Å². The molecule has 2 heteroatoms. The first-order valence-corrected chi connectivity index (χ1v) is 6.79. The lowest BCUT2D eigenvalue weighted by Crippen LogP contribution is -1.75. The minimum absolute atomic E-state index is 1.20. The Morgan fingerprint density at radius 3 is 2.44 bits per heavy atom. The van der Waals surface area contributed by atoms with E-state index in [9.17, 15) is 0 Å². The Kier molecular flexibility index (Phi) is 2.05. The van der Waals surface area contributed by atoms with Crippen LogP contribution in [-0.2, 0) is 0 Å². The summed E-state index contributed by atoms with van der Waals surface area (Å²) in [6.07, 6.45) is 0. The SMILES string of the molecule is c1ccc(-c2cc3sc4ccccc4c3[nH]2)cc1. The van der Waals surface area contributed by atoms with Gasteiger partial charge >= 0.3 is 0 Å². The zero-order valence-electron chi connectivity index (χ0n) is 9.68. The quantitative estimate of drug-likeness (QED) is 0.486. The third kappa shape index (κ3) is 1.39. The fourth-order valence-corrected chi connectivity index (χ4v) is 3.47. The highest BCUT2D eigenvalue weighted by Gasteiger charge is 2.08. The van der Waals surface area contributed by atoms with Gasteiger partial charge in [0, 0.05) is 15.8 Å². The van der Waals surface area contributed by atoms with Crippen LogP contribution in [0.5, 0.6) is 0 Å². The van der Waals surface area contributed by atoms with Crippen LogP contribution in [0, 0.1) is 0 Å². The van der Waals surface area contributed by atoms with E-state index >= 15 is 0 Å². The van der Waals surface area contributed by atoms with Gasteiger partial charge in [0.15, 0.2) is 0 Å². The summed E-state index contributed by atoms with van der Waals surface area (Å²) in [5, 5.41) is 1.32. The van der Waals surface area contributed by atoms with Crippen LogP contribution in [0.25, 0.3) is 31.6 Å². The molecule has 1 nitrogen and oxygen atoms in total. The van der Waals surface area contributed by atoms with Gasteiger partial charge in [0.2, 0.25) is 0 Å². The molecule has 2 aromatic carbocycles. The Morgan fingerprint density at radius 1 is 0.778 bits per heavy atom. The van der Waals surface area contributed by atoms with Crippen molar-refractivity contribution in [3.05, 3.63) is 60.7 Å². The predicted molar refractivity (Wildman–Crippen MR) is 79.1 cm³/mol. The number of fused-ring (bicyclic) bond motifs is 3. The third-order valence-electron chi connectivity index (χ3n) is 3.24. The topological polar surface area (TPSA) is 15.8 Å². The van der Waals surface area contributed by atoms with E-state index in [1.807, 2.05) is 17.4 Å². The molecule has 86 valence electrons. The fraction of sp³-hybridized carbons (Fsp3) is 0. The average molecular weight is 249 g/mol. The monoisotopic (exact) mass is 249 g/mol. The van der Waals surface area contributed by atoms with Crippen molar-refractivity contribution >= 4 is 31.6 Å². The second-order valence-corrected chi connectivity index (χ2v) is 5.47. The number of thiophene rings is 1. The van der Waals surface area contributed by atoms with Crippen molar-refractivity contribution < 1.29 is 0 Å². The maximum Gasteiger partial charge on any atom is 0.0648 e. The standard InChI is InChI=1S/C16H11NS/c1-2-6-11(7-3-1)13-10-15-16(17-13)12-8-4-5-9-14(12)18-15/h1-10,17H. The summed E-state index contributed by atoms with van der Waals surface area (Å²) in [5.74, 6) is 0. The average Bonchev–Trinajstić information content (AvgIpc) is 2.97. The summed E-state index contributed by atoms with van der Waals surface area (Å²) in [5.41, 5.74) is 3.70. The first kappa shape index (κ1) is 9.92. The van der Waals surface area contributed by atoms with Crippen molar-refractivity contribution in [1.82, 2.24) is 4.98 Å². The zero-order chi connectivity index (χ0) is 11.9. The Bertz CT molecular complexity index is 824. The molecule has 0 spiro atoms. The molecule has 0 saturated carbocycles. The van der Waals surface area contributed by atoms with E-state index in [-0.39, 0.29) is 0 Å². The molecule has 2 aromatic heterocycles. The molecule has 0 aliphatic carbocycles. The first-order valence-electron chi connectivity index (χ1n) is 5.97. The predicted octanol–water partition coefficient (Wildman–Crippen LogP) is 5.05. The molecule has 4 aromatic rings. The number of benzene rings is 2. The number of hydrogen-bond acceptors (Lipinski definition) is 1. The Balaban J connectivity index is 2.00. The highest BCUT2D eigenvalue weighted by atomic mass is 32.1. The van der Waals surface area contributed by atoms with Crippen molar-refractivity contribution in [2.75, 3.05) is 0 Å². The minimum Gasteiger partial charge on any atom is -0.353 e.